The van der Waals surface area contributed by atoms with E-state index in [9.17, 15) is 0 Å². The molecule has 0 aliphatic rings. The summed E-state index contributed by atoms with van der Waals surface area (Å²) in [4.78, 5) is 0. The number of halogens is 1. The van der Waals surface area contributed by atoms with Crippen LogP contribution in [0.25, 0.3) is 0 Å². The summed E-state index contributed by atoms with van der Waals surface area (Å²) in [6, 6.07) is 0. The molecule has 1 N–H and O–H groups in total. The van der Waals surface area contributed by atoms with Crippen molar-refractivity contribution in [2.75, 3.05) is 13.2 Å². The molecule has 0 bridgehead atoms. The van der Waals surface area contributed by atoms with Crippen molar-refractivity contribution >= 4 is 23.0 Å². The lowest BCUT2D eigenvalue weighted by atomic mass is 10.1. The van der Waals surface area contributed by atoms with Crippen LogP contribution < -0.4 is 0 Å². The highest BCUT2D eigenvalue weighted by Gasteiger charge is 1.89. The number of hydrogen-bond acceptors (Lipinski definition) is 2. The molecule has 3 heteroatoms. The molecule has 0 saturated carbocycles. The third-order valence-corrected chi connectivity index (χ3v) is 2.07. The highest BCUT2D eigenvalue weighted by Crippen LogP contribution is 2.05. The Kier molecular flexibility index (Phi) is 11.3. The molecule has 0 rings (SSSR count). The van der Waals surface area contributed by atoms with Crippen molar-refractivity contribution in [1.29, 1.82) is 0 Å². The van der Waals surface area contributed by atoms with E-state index in [-0.39, 0.29) is 0 Å². The molecule has 0 fully saturated rings. The Bertz CT molecular complexity index is 61.1. The van der Waals surface area contributed by atoms with E-state index in [2.05, 4.69) is 0 Å². The quantitative estimate of drug-likeness (QED) is 0.543. The number of rotatable bonds is 8. The van der Waals surface area contributed by atoms with Gasteiger partial charge in [0.25, 0.3) is 0 Å². The van der Waals surface area contributed by atoms with Gasteiger partial charge in [-0.2, -0.15) is 0 Å². The Hall–Kier alpha value is 0.650. The first-order valence-electron chi connectivity index (χ1n) is 4.26. The maximum absolute atomic E-state index is 8.49. The number of hydrogen-bond donors (Lipinski definition) is 1. The monoisotopic (exact) mass is 272 g/mol. The third-order valence-electron chi connectivity index (χ3n) is 1.63. The predicted molar refractivity (Wildman–Crippen MR) is 54.8 cm³/mol. The van der Waals surface area contributed by atoms with Gasteiger partial charge in [-0.05, 0) is 12.8 Å². The predicted octanol–water partition coefficient (Wildman–Crippen LogP) is 2.69. The lowest BCUT2D eigenvalue weighted by Crippen LogP contribution is -1.86. The van der Waals surface area contributed by atoms with Crippen molar-refractivity contribution in [3.05, 3.63) is 0 Å². The molecule has 0 unspecified atom stereocenters. The summed E-state index contributed by atoms with van der Waals surface area (Å²) in [5.41, 5.74) is 0. The molecule has 0 amide bonds. The van der Waals surface area contributed by atoms with Gasteiger partial charge in [0.05, 0.1) is 6.61 Å². The van der Waals surface area contributed by atoms with Crippen LogP contribution in [0.4, 0.5) is 0 Å². The lowest BCUT2D eigenvalue weighted by molar-refractivity contribution is 0.282. The zero-order chi connectivity index (χ0) is 8.36. The van der Waals surface area contributed by atoms with Gasteiger partial charge < -0.3 is 8.17 Å². The number of aliphatic hydroxyl groups excluding tert-OH is 1. The first-order chi connectivity index (χ1) is 5.41. The molecule has 0 aliphatic carbocycles. The van der Waals surface area contributed by atoms with E-state index >= 15 is 0 Å². The summed E-state index contributed by atoms with van der Waals surface area (Å²) < 4.78 is 4.90. The van der Waals surface area contributed by atoms with Crippen LogP contribution in [-0.4, -0.2) is 18.3 Å². The Morgan fingerprint density at radius 3 is 2.00 bits per heavy atom. The van der Waals surface area contributed by atoms with E-state index in [0.717, 1.165) is 13.0 Å². The van der Waals surface area contributed by atoms with Crippen molar-refractivity contribution < 1.29 is 8.17 Å². The zero-order valence-electron chi connectivity index (χ0n) is 6.89. The molecule has 0 spiro atoms. The molecule has 68 valence electrons. The van der Waals surface area contributed by atoms with Gasteiger partial charge in [-0.3, -0.25) is 0 Å². The van der Waals surface area contributed by atoms with Crippen LogP contribution in [0.15, 0.2) is 0 Å². The van der Waals surface area contributed by atoms with Gasteiger partial charge in [0, 0.05) is 6.61 Å². The van der Waals surface area contributed by atoms with Crippen LogP contribution in [0, 0.1) is 0 Å². The van der Waals surface area contributed by atoms with Crippen molar-refractivity contribution in [2.45, 2.75) is 38.5 Å². The minimum Gasteiger partial charge on any atom is -0.396 e. The minimum atomic E-state index is 0.344. The van der Waals surface area contributed by atoms with Crippen LogP contribution in [-0.2, 0) is 3.07 Å². The highest BCUT2D eigenvalue weighted by atomic mass is 127. The summed E-state index contributed by atoms with van der Waals surface area (Å²) in [7, 11) is 0. The fourth-order valence-corrected chi connectivity index (χ4v) is 1.29. The molecule has 0 aromatic carbocycles. The average molecular weight is 272 g/mol. The first kappa shape index (κ1) is 11.6. The second-order valence-corrected chi connectivity index (χ2v) is 3.28. The van der Waals surface area contributed by atoms with E-state index < -0.39 is 0 Å². The van der Waals surface area contributed by atoms with Gasteiger partial charge in [-0.25, -0.2) is 0 Å². The van der Waals surface area contributed by atoms with Crippen LogP contribution in [0.3, 0.4) is 0 Å². The summed E-state index contributed by atoms with van der Waals surface area (Å²) in [5.74, 6) is 0. The van der Waals surface area contributed by atoms with Crippen molar-refractivity contribution in [2.24, 2.45) is 0 Å². The molecular weight excluding hydrogens is 255 g/mol. The van der Waals surface area contributed by atoms with E-state index in [1.165, 1.54) is 32.1 Å². The van der Waals surface area contributed by atoms with Crippen LogP contribution >= 0.6 is 23.0 Å². The van der Waals surface area contributed by atoms with Crippen LogP contribution in [0.2, 0.25) is 0 Å². The summed E-state index contributed by atoms with van der Waals surface area (Å²) in [6.45, 7) is 1.22. The minimum absolute atomic E-state index is 0.344. The Labute approximate surface area is 83.0 Å². The molecule has 11 heavy (non-hydrogen) atoms. The third kappa shape index (κ3) is 10.7. The molecule has 0 aliphatic heterocycles. The van der Waals surface area contributed by atoms with Crippen molar-refractivity contribution in [1.82, 2.24) is 0 Å². The Morgan fingerprint density at radius 2 is 1.45 bits per heavy atom. The molecule has 2 nitrogen and oxygen atoms in total. The molecule has 0 atom stereocenters. The van der Waals surface area contributed by atoms with Gasteiger partial charge in [-0.15, -0.1) is 0 Å². The highest BCUT2D eigenvalue weighted by molar-refractivity contribution is 14.1. The Balaban J connectivity index is 2.69. The lowest BCUT2D eigenvalue weighted by Gasteiger charge is -1.98. The molecule has 0 aromatic heterocycles. The molecule has 0 radical (unpaired) electrons. The second kappa shape index (κ2) is 10.7. The van der Waals surface area contributed by atoms with Crippen molar-refractivity contribution in [3.8, 4) is 0 Å². The molecule has 0 heterocycles. The fraction of sp³-hybridized carbons (Fsp3) is 1.00. The van der Waals surface area contributed by atoms with Gasteiger partial charge >= 0.3 is 0 Å². The van der Waals surface area contributed by atoms with Gasteiger partial charge in [0.15, 0.2) is 0 Å². The normalized spacial score (nSPS) is 10.4. The van der Waals surface area contributed by atoms with Gasteiger partial charge in [-0.1, -0.05) is 25.7 Å². The topological polar surface area (TPSA) is 29.5 Å². The zero-order valence-corrected chi connectivity index (χ0v) is 9.05. The SMILES string of the molecule is OCCCCCCCCOI. The van der Waals surface area contributed by atoms with Crippen LogP contribution in [0.5, 0.6) is 0 Å². The molecule has 0 aromatic rings. The van der Waals surface area contributed by atoms with Crippen molar-refractivity contribution in [3.63, 3.8) is 0 Å². The largest absolute Gasteiger partial charge is 0.396 e. The van der Waals surface area contributed by atoms with E-state index in [1.807, 2.05) is 23.0 Å². The first-order valence-corrected chi connectivity index (χ1v) is 5.14. The maximum Gasteiger partial charge on any atom is 0.109 e. The van der Waals surface area contributed by atoms with Gasteiger partial charge in [0.1, 0.15) is 23.0 Å². The summed E-state index contributed by atoms with van der Waals surface area (Å²) in [5, 5.41) is 8.49. The summed E-state index contributed by atoms with van der Waals surface area (Å²) >= 11 is 1.93. The standard InChI is InChI=1S/C8H17IO2/c9-11-8-6-4-2-1-3-5-7-10/h10H,1-8H2. The van der Waals surface area contributed by atoms with Gasteiger partial charge in [0.2, 0.25) is 0 Å². The smallest absolute Gasteiger partial charge is 0.109 e. The maximum atomic E-state index is 8.49. The number of unbranched alkanes of at least 4 members (excludes halogenated alkanes) is 5. The second-order valence-electron chi connectivity index (χ2n) is 2.66. The van der Waals surface area contributed by atoms with E-state index in [4.69, 9.17) is 8.17 Å². The Morgan fingerprint density at radius 1 is 0.909 bits per heavy atom. The number of aliphatic hydroxyl groups is 1. The van der Waals surface area contributed by atoms with E-state index in [1.54, 1.807) is 0 Å². The van der Waals surface area contributed by atoms with Crippen LogP contribution in [0.1, 0.15) is 38.5 Å². The molecular formula is C8H17IO2. The fourth-order valence-electron chi connectivity index (χ4n) is 0.976. The molecule has 0 saturated heterocycles. The van der Waals surface area contributed by atoms with E-state index in [0.29, 0.717) is 6.61 Å². The average Bonchev–Trinajstić information content (AvgIpc) is 2.03. The summed E-state index contributed by atoms with van der Waals surface area (Å²) in [6.07, 6.45) is 7.09.